The molecule has 1 amide bonds. The number of carbonyl (C=O) groups is 1. The van der Waals surface area contributed by atoms with Crippen molar-refractivity contribution >= 4 is 5.91 Å². The van der Waals surface area contributed by atoms with E-state index >= 15 is 0 Å². The fraction of sp³-hybridized carbons (Fsp3) is 0.304. The molecule has 1 heterocycles. The Morgan fingerprint density at radius 2 is 1.68 bits per heavy atom. The number of rotatable bonds is 8. The molecule has 0 aliphatic rings. The van der Waals surface area contributed by atoms with E-state index < -0.39 is 0 Å². The molecule has 3 rings (SSSR count). The summed E-state index contributed by atoms with van der Waals surface area (Å²) in [5, 5.41) is 7.40. The number of hydrogen-bond acceptors (Lipinski definition) is 3. The highest BCUT2D eigenvalue weighted by atomic mass is 16.5. The molecule has 3 aromatic rings. The molecule has 1 aromatic heterocycles. The monoisotopic (exact) mass is 377 g/mol. The minimum absolute atomic E-state index is 0.000734. The first kappa shape index (κ1) is 19.8. The molecule has 0 saturated carbocycles. The third-order valence-corrected chi connectivity index (χ3v) is 4.96. The van der Waals surface area contributed by atoms with Crippen LogP contribution in [0.4, 0.5) is 0 Å². The lowest BCUT2D eigenvalue weighted by molar-refractivity contribution is -0.120. The second-order valence-corrected chi connectivity index (χ2v) is 6.97. The Bertz CT molecular complexity index is 932. The van der Waals surface area contributed by atoms with Crippen LogP contribution in [0.25, 0.3) is 0 Å². The van der Waals surface area contributed by atoms with Gasteiger partial charge in [0.1, 0.15) is 0 Å². The van der Waals surface area contributed by atoms with Crippen molar-refractivity contribution in [1.29, 1.82) is 0 Å². The van der Waals surface area contributed by atoms with Gasteiger partial charge in [-0.2, -0.15) is 5.10 Å². The molecule has 0 spiro atoms. The Labute approximate surface area is 166 Å². The average molecular weight is 377 g/mol. The number of nitrogens with zero attached hydrogens (tertiary/aromatic N) is 2. The summed E-state index contributed by atoms with van der Waals surface area (Å²) in [6.45, 7) is 5.50. The van der Waals surface area contributed by atoms with Gasteiger partial charge in [0, 0.05) is 24.8 Å². The van der Waals surface area contributed by atoms with Gasteiger partial charge in [-0.05, 0) is 30.5 Å². The summed E-state index contributed by atoms with van der Waals surface area (Å²) < 4.78 is 7.68. The molecule has 0 bridgehead atoms. The molecular weight excluding hydrogens is 350 g/mol. The molecular formula is C23H27N3O2. The summed E-state index contributed by atoms with van der Waals surface area (Å²) in [6, 6.07) is 18.2. The van der Waals surface area contributed by atoms with E-state index in [0.717, 1.165) is 33.6 Å². The van der Waals surface area contributed by atoms with Gasteiger partial charge in [0.15, 0.2) is 0 Å². The van der Waals surface area contributed by atoms with Crippen molar-refractivity contribution in [1.82, 2.24) is 15.1 Å². The Morgan fingerprint density at radius 3 is 2.36 bits per heavy atom. The molecule has 5 nitrogen and oxygen atoms in total. The fourth-order valence-corrected chi connectivity index (χ4v) is 3.21. The van der Waals surface area contributed by atoms with E-state index in [1.54, 1.807) is 0 Å². The molecule has 0 aliphatic carbocycles. The zero-order valence-electron chi connectivity index (χ0n) is 16.7. The number of ether oxygens (including phenoxy) is 1. The predicted octanol–water partition coefficient (Wildman–Crippen LogP) is 3.61. The lowest BCUT2D eigenvalue weighted by atomic mass is 10.1. The lowest BCUT2D eigenvalue weighted by Gasteiger charge is -2.12. The Morgan fingerprint density at radius 1 is 1.00 bits per heavy atom. The van der Waals surface area contributed by atoms with Crippen molar-refractivity contribution in [2.75, 3.05) is 0 Å². The first-order chi connectivity index (χ1) is 13.5. The zero-order chi connectivity index (χ0) is 19.9. The van der Waals surface area contributed by atoms with Crippen molar-refractivity contribution < 1.29 is 9.53 Å². The number of aryl methyl sites for hydroxylation is 2. The summed E-state index contributed by atoms with van der Waals surface area (Å²) in [7, 11) is 1.90. The average Bonchev–Trinajstić information content (AvgIpc) is 2.94. The van der Waals surface area contributed by atoms with Crippen molar-refractivity contribution in [2.45, 2.75) is 40.0 Å². The van der Waals surface area contributed by atoms with Gasteiger partial charge in [0.05, 0.1) is 25.3 Å². The topological polar surface area (TPSA) is 56.2 Å². The Kier molecular flexibility index (Phi) is 6.61. The molecule has 0 aliphatic heterocycles. The van der Waals surface area contributed by atoms with Gasteiger partial charge in [0.2, 0.25) is 5.91 Å². The quantitative estimate of drug-likeness (QED) is 0.652. The lowest BCUT2D eigenvalue weighted by Crippen LogP contribution is -2.25. The van der Waals surface area contributed by atoms with Crippen LogP contribution < -0.4 is 5.32 Å². The van der Waals surface area contributed by atoms with Gasteiger partial charge < -0.3 is 10.1 Å². The highest BCUT2D eigenvalue weighted by molar-refractivity contribution is 5.79. The number of amides is 1. The normalized spacial score (nSPS) is 10.8. The predicted molar refractivity (Wildman–Crippen MR) is 110 cm³/mol. The van der Waals surface area contributed by atoms with E-state index in [1.165, 1.54) is 0 Å². The van der Waals surface area contributed by atoms with Crippen LogP contribution in [-0.4, -0.2) is 15.7 Å². The number of nitrogens with one attached hydrogen (secondary N) is 1. The van der Waals surface area contributed by atoms with E-state index in [-0.39, 0.29) is 5.91 Å². The number of hydrogen-bond donors (Lipinski definition) is 1. The molecule has 0 atom stereocenters. The molecule has 0 unspecified atom stereocenters. The maximum absolute atomic E-state index is 12.4. The van der Waals surface area contributed by atoms with E-state index in [4.69, 9.17) is 4.74 Å². The van der Waals surface area contributed by atoms with E-state index in [2.05, 4.69) is 22.5 Å². The third kappa shape index (κ3) is 5.08. The van der Waals surface area contributed by atoms with Crippen LogP contribution in [0.15, 0.2) is 54.6 Å². The molecule has 0 radical (unpaired) electrons. The number of aromatic nitrogens is 2. The summed E-state index contributed by atoms with van der Waals surface area (Å²) in [6.07, 6.45) is 0.345. The largest absolute Gasteiger partial charge is 0.372 e. The van der Waals surface area contributed by atoms with Gasteiger partial charge >= 0.3 is 0 Å². The molecule has 0 fully saturated rings. The Balaban J connectivity index is 1.55. The molecule has 28 heavy (non-hydrogen) atoms. The summed E-state index contributed by atoms with van der Waals surface area (Å²) in [5.41, 5.74) is 6.25. The molecule has 0 saturated heterocycles. The molecule has 1 N–H and O–H groups in total. The van der Waals surface area contributed by atoms with Crippen LogP contribution >= 0.6 is 0 Å². The smallest absolute Gasteiger partial charge is 0.224 e. The van der Waals surface area contributed by atoms with Gasteiger partial charge in [-0.25, -0.2) is 0 Å². The molecule has 2 aromatic carbocycles. The highest BCUT2D eigenvalue weighted by Crippen LogP contribution is 2.14. The first-order valence-corrected chi connectivity index (χ1v) is 9.49. The van der Waals surface area contributed by atoms with Crippen molar-refractivity contribution in [2.24, 2.45) is 7.05 Å². The van der Waals surface area contributed by atoms with Crippen LogP contribution in [-0.2, 0) is 42.8 Å². The van der Waals surface area contributed by atoms with E-state index in [1.807, 2.05) is 68.0 Å². The number of benzene rings is 2. The fourth-order valence-electron chi connectivity index (χ4n) is 3.21. The van der Waals surface area contributed by atoms with Crippen molar-refractivity contribution in [3.05, 3.63) is 88.2 Å². The van der Waals surface area contributed by atoms with Crippen molar-refractivity contribution in [3.8, 4) is 0 Å². The summed E-state index contributed by atoms with van der Waals surface area (Å²) in [4.78, 5) is 12.4. The maximum atomic E-state index is 12.4. The maximum Gasteiger partial charge on any atom is 0.224 e. The second kappa shape index (κ2) is 9.33. The highest BCUT2D eigenvalue weighted by Gasteiger charge is 2.13. The van der Waals surface area contributed by atoms with Gasteiger partial charge in [-0.15, -0.1) is 0 Å². The summed E-state index contributed by atoms with van der Waals surface area (Å²) in [5.74, 6) is -0.000734. The number of carbonyl (C=O) groups excluding carboxylic acids is 1. The van der Waals surface area contributed by atoms with Crippen LogP contribution in [0.2, 0.25) is 0 Å². The van der Waals surface area contributed by atoms with Gasteiger partial charge in [-0.1, -0.05) is 54.6 Å². The molecule has 5 heteroatoms. The van der Waals surface area contributed by atoms with Crippen LogP contribution in [0.3, 0.4) is 0 Å². The SMILES string of the molecule is Cc1nn(C)c(C)c1CC(=O)NCc1ccccc1COCc1ccccc1. The van der Waals surface area contributed by atoms with Crippen LogP contribution in [0.1, 0.15) is 33.6 Å². The third-order valence-electron chi connectivity index (χ3n) is 4.96. The van der Waals surface area contributed by atoms with Crippen LogP contribution in [0.5, 0.6) is 0 Å². The minimum atomic E-state index is -0.000734. The second-order valence-electron chi connectivity index (χ2n) is 6.97. The van der Waals surface area contributed by atoms with Gasteiger partial charge in [-0.3, -0.25) is 9.48 Å². The van der Waals surface area contributed by atoms with E-state index in [0.29, 0.717) is 26.2 Å². The van der Waals surface area contributed by atoms with Gasteiger partial charge in [0.25, 0.3) is 0 Å². The van der Waals surface area contributed by atoms with E-state index in [9.17, 15) is 4.79 Å². The first-order valence-electron chi connectivity index (χ1n) is 9.49. The summed E-state index contributed by atoms with van der Waals surface area (Å²) >= 11 is 0. The zero-order valence-corrected chi connectivity index (χ0v) is 16.7. The minimum Gasteiger partial charge on any atom is -0.372 e. The Hall–Kier alpha value is -2.92. The van der Waals surface area contributed by atoms with Crippen LogP contribution in [0, 0.1) is 13.8 Å². The standard InChI is InChI=1S/C23H27N3O2/c1-17-22(18(2)26(3)25-17)13-23(27)24-14-20-11-7-8-12-21(20)16-28-15-19-9-5-4-6-10-19/h4-12H,13-16H2,1-3H3,(H,24,27). The van der Waals surface area contributed by atoms with Crippen molar-refractivity contribution in [3.63, 3.8) is 0 Å². The molecule has 146 valence electrons.